The molecule has 0 unspecified atom stereocenters. The lowest BCUT2D eigenvalue weighted by atomic mass is 9.93. The Morgan fingerprint density at radius 1 is 1.60 bits per heavy atom. The Balaban J connectivity index is 2.04. The first-order chi connectivity index (χ1) is 7.11. The fraction of sp³-hybridized carbons (Fsp3) is 0.727. The van der Waals surface area contributed by atoms with Crippen LogP contribution >= 0.6 is 11.3 Å². The van der Waals surface area contributed by atoms with Gasteiger partial charge in [0.05, 0.1) is 5.69 Å². The summed E-state index contributed by atoms with van der Waals surface area (Å²) in [5, 5.41) is 6.47. The Morgan fingerprint density at radius 3 is 3.00 bits per heavy atom. The molecular weight excluding hydrogens is 206 g/mol. The van der Waals surface area contributed by atoms with E-state index in [2.05, 4.69) is 34.4 Å². The molecule has 15 heavy (non-hydrogen) atoms. The lowest BCUT2D eigenvalue weighted by Crippen LogP contribution is -2.22. The first-order valence-corrected chi connectivity index (χ1v) is 6.33. The van der Waals surface area contributed by atoms with Crippen LogP contribution in [-0.4, -0.2) is 25.1 Å². The van der Waals surface area contributed by atoms with Gasteiger partial charge in [-0.25, -0.2) is 4.98 Å². The van der Waals surface area contributed by atoms with Crippen molar-refractivity contribution < 1.29 is 0 Å². The van der Waals surface area contributed by atoms with Gasteiger partial charge >= 0.3 is 0 Å². The molecule has 0 spiro atoms. The van der Waals surface area contributed by atoms with Crippen molar-refractivity contribution in [1.82, 2.24) is 10.3 Å². The first-order valence-electron chi connectivity index (χ1n) is 5.45. The van der Waals surface area contributed by atoms with E-state index in [9.17, 15) is 0 Å². The second-order valence-electron chi connectivity index (χ2n) is 4.99. The van der Waals surface area contributed by atoms with E-state index in [1.807, 2.05) is 7.05 Å². The quantitative estimate of drug-likeness (QED) is 0.854. The molecule has 0 bridgehead atoms. The van der Waals surface area contributed by atoms with Gasteiger partial charge in [-0.3, -0.25) is 0 Å². The van der Waals surface area contributed by atoms with Crippen LogP contribution in [0.5, 0.6) is 0 Å². The van der Waals surface area contributed by atoms with Crippen molar-refractivity contribution in [3.63, 3.8) is 0 Å². The molecule has 2 heterocycles. The summed E-state index contributed by atoms with van der Waals surface area (Å²) in [5.74, 6) is 0. The fourth-order valence-corrected chi connectivity index (χ4v) is 2.83. The molecule has 1 aromatic heterocycles. The third-order valence-corrected chi connectivity index (χ3v) is 3.80. The van der Waals surface area contributed by atoms with E-state index in [1.165, 1.54) is 11.6 Å². The van der Waals surface area contributed by atoms with Gasteiger partial charge in [0, 0.05) is 25.0 Å². The topological polar surface area (TPSA) is 28.2 Å². The van der Waals surface area contributed by atoms with E-state index in [4.69, 9.17) is 0 Å². The molecule has 1 saturated heterocycles. The largest absolute Gasteiger partial charge is 0.348 e. The summed E-state index contributed by atoms with van der Waals surface area (Å²) in [6.07, 6.45) is 1.27. The molecule has 0 saturated carbocycles. The van der Waals surface area contributed by atoms with Gasteiger partial charge in [-0.15, -0.1) is 11.3 Å². The Labute approximate surface area is 95.5 Å². The molecule has 1 aliphatic heterocycles. The summed E-state index contributed by atoms with van der Waals surface area (Å²) in [7, 11) is 1.96. The van der Waals surface area contributed by atoms with Crippen LogP contribution in [0.2, 0.25) is 0 Å². The molecule has 4 heteroatoms. The van der Waals surface area contributed by atoms with Gasteiger partial charge in [-0.1, -0.05) is 13.8 Å². The number of thiazole rings is 1. The number of nitrogens with zero attached hydrogens (tertiary/aromatic N) is 2. The minimum absolute atomic E-state index is 0.453. The predicted molar refractivity (Wildman–Crippen MR) is 65.5 cm³/mol. The maximum absolute atomic E-state index is 4.63. The molecule has 0 aliphatic carbocycles. The van der Waals surface area contributed by atoms with Crippen LogP contribution in [0.3, 0.4) is 0 Å². The van der Waals surface area contributed by atoms with Crippen LogP contribution < -0.4 is 10.2 Å². The Hall–Kier alpha value is -0.610. The molecule has 2 rings (SSSR count). The number of hydrogen-bond acceptors (Lipinski definition) is 4. The molecule has 0 amide bonds. The molecule has 1 aliphatic rings. The van der Waals surface area contributed by atoms with Crippen LogP contribution in [-0.2, 0) is 6.54 Å². The second kappa shape index (κ2) is 4.10. The Kier molecular flexibility index (Phi) is 2.98. The van der Waals surface area contributed by atoms with E-state index in [0.717, 1.165) is 25.3 Å². The summed E-state index contributed by atoms with van der Waals surface area (Å²) in [5.41, 5.74) is 1.61. The average Bonchev–Trinajstić information content (AvgIpc) is 2.73. The average molecular weight is 225 g/mol. The highest BCUT2D eigenvalue weighted by Gasteiger charge is 2.30. The SMILES string of the molecule is CNCc1csc(N2CCC(C)(C)C2)n1. The highest BCUT2D eigenvalue weighted by Crippen LogP contribution is 2.33. The van der Waals surface area contributed by atoms with Gasteiger partial charge in [0.1, 0.15) is 0 Å². The fourth-order valence-electron chi connectivity index (χ4n) is 1.98. The summed E-state index contributed by atoms with van der Waals surface area (Å²) < 4.78 is 0. The molecule has 0 atom stereocenters. The van der Waals surface area contributed by atoms with Gasteiger partial charge in [0.2, 0.25) is 0 Å². The Bertz CT molecular complexity index is 332. The van der Waals surface area contributed by atoms with Crippen molar-refractivity contribution in [2.24, 2.45) is 5.41 Å². The third kappa shape index (κ3) is 2.49. The second-order valence-corrected chi connectivity index (χ2v) is 5.82. The maximum atomic E-state index is 4.63. The molecule has 84 valence electrons. The summed E-state index contributed by atoms with van der Waals surface area (Å²) >= 11 is 1.76. The van der Waals surface area contributed by atoms with Crippen LogP contribution in [0.15, 0.2) is 5.38 Å². The third-order valence-electron chi connectivity index (χ3n) is 2.85. The highest BCUT2D eigenvalue weighted by molar-refractivity contribution is 7.13. The normalized spacial score (nSPS) is 19.8. The monoisotopic (exact) mass is 225 g/mol. The molecular formula is C11H19N3S. The van der Waals surface area contributed by atoms with Crippen molar-refractivity contribution in [2.45, 2.75) is 26.8 Å². The smallest absolute Gasteiger partial charge is 0.185 e. The lowest BCUT2D eigenvalue weighted by molar-refractivity contribution is 0.418. The molecule has 1 N–H and O–H groups in total. The zero-order valence-electron chi connectivity index (χ0n) is 9.71. The van der Waals surface area contributed by atoms with Crippen molar-refractivity contribution in [3.8, 4) is 0 Å². The van der Waals surface area contributed by atoms with Crippen LogP contribution in [0.25, 0.3) is 0 Å². The summed E-state index contributed by atoms with van der Waals surface area (Å²) in [4.78, 5) is 7.04. The van der Waals surface area contributed by atoms with E-state index in [1.54, 1.807) is 11.3 Å². The predicted octanol–water partition coefficient (Wildman–Crippen LogP) is 2.10. The number of nitrogens with one attached hydrogen (secondary N) is 1. The van der Waals surface area contributed by atoms with Crippen molar-refractivity contribution in [3.05, 3.63) is 11.1 Å². The first kappa shape index (κ1) is 10.9. The summed E-state index contributed by atoms with van der Waals surface area (Å²) in [6, 6.07) is 0. The summed E-state index contributed by atoms with van der Waals surface area (Å²) in [6.45, 7) is 7.82. The van der Waals surface area contributed by atoms with E-state index < -0.39 is 0 Å². The van der Waals surface area contributed by atoms with Crippen molar-refractivity contribution >= 4 is 16.5 Å². The number of hydrogen-bond donors (Lipinski definition) is 1. The van der Waals surface area contributed by atoms with Gasteiger partial charge in [-0.2, -0.15) is 0 Å². The Morgan fingerprint density at radius 2 is 2.40 bits per heavy atom. The van der Waals surface area contributed by atoms with Gasteiger partial charge < -0.3 is 10.2 Å². The van der Waals surface area contributed by atoms with E-state index in [-0.39, 0.29) is 0 Å². The van der Waals surface area contributed by atoms with Crippen LogP contribution in [0.4, 0.5) is 5.13 Å². The zero-order chi connectivity index (χ0) is 10.9. The minimum Gasteiger partial charge on any atom is -0.348 e. The maximum Gasteiger partial charge on any atom is 0.185 e. The van der Waals surface area contributed by atoms with Gasteiger partial charge in [0.15, 0.2) is 5.13 Å². The minimum atomic E-state index is 0.453. The number of anilines is 1. The highest BCUT2D eigenvalue weighted by atomic mass is 32.1. The lowest BCUT2D eigenvalue weighted by Gasteiger charge is -2.18. The van der Waals surface area contributed by atoms with Gasteiger partial charge in [-0.05, 0) is 18.9 Å². The standard InChI is InChI=1S/C11H19N3S/c1-11(2)4-5-14(8-11)10-13-9(6-12-3)7-15-10/h7,12H,4-6,8H2,1-3H3. The van der Waals surface area contributed by atoms with Crippen LogP contribution in [0, 0.1) is 5.41 Å². The molecule has 1 aromatic rings. The number of rotatable bonds is 3. The van der Waals surface area contributed by atoms with Crippen molar-refractivity contribution in [2.75, 3.05) is 25.0 Å². The zero-order valence-corrected chi connectivity index (χ0v) is 10.5. The molecule has 1 fully saturated rings. The van der Waals surface area contributed by atoms with E-state index >= 15 is 0 Å². The molecule has 0 aromatic carbocycles. The van der Waals surface area contributed by atoms with Crippen molar-refractivity contribution in [1.29, 1.82) is 0 Å². The van der Waals surface area contributed by atoms with Gasteiger partial charge in [0.25, 0.3) is 0 Å². The number of aromatic nitrogens is 1. The molecule has 3 nitrogen and oxygen atoms in total. The molecule has 0 radical (unpaired) electrons. The van der Waals surface area contributed by atoms with E-state index in [0.29, 0.717) is 5.41 Å². The van der Waals surface area contributed by atoms with Crippen LogP contribution in [0.1, 0.15) is 26.0 Å².